The van der Waals surface area contributed by atoms with Gasteiger partial charge in [0.25, 0.3) is 5.91 Å². The second-order valence-corrected chi connectivity index (χ2v) is 4.17. The number of hydrogen-bond donors (Lipinski definition) is 2. The average Bonchev–Trinajstić information content (AvgIpc) is 2.66. The summed E-state index contributed by atoms with van der Waals surface area (Å²) in [5, 5.41) is 0. The van der Waals surface area contributed by atoms with Crippen LogP contribution in [0, 0.1) is 0 Å². The molecule has 86 valence electrons. The van der Waals surface area contributed by atoms with Crippen molar-refractivity contribution < 1.29 is 4.79 Å². The lowest BCUT2D eigenvalue weighted by molar-refractivity contribution is 0.0999. The quantitative estimate of drug-likeness (QED) is 0.765. The number of fused-ring (bicyclic) bond motifs is 3. The Kier molecular flexibility index (Phi) is 2.18. The lowest BCUT2D eigenvalue weighted by Crippen LogP contribution is -2.12. The summed E-state index contributed by atoms with van der Waals surface area (Å²) in [6, 6.07) is 0. The minimum atomic E-state index is -0.389. The number of nitrogens with two attached hydrogens (primary N) is 1. The van der Waals surface area contributed by atoms with Gasteiger partial charge in [0.2, 0.25) is 0 Å². The second-order valence-electron chi connectivity index (χ2n) is 4.17. The third kappa shape index (κ3) is 1.51. The van der Waals surface area contributed by atoms with Gasteiger partial charge in [-0.25, -0.2) is 9.97 Å². The van der Waals surface area contributed by atoms with Crippen molar-refractivity contribution in [2.75, 3.05) is 0 Å². The summed E-state index contributed by atoms with van der Waals surface area (Å²) in [7, 11) is 0. The molecule has 0 radical (unpaired) electrons. The maximum absolute atomic E-state index is 11.3. The smallest absolute Gasteiger partial charge is 0.250 e. The van der Waals surface area contributed by atoms with Crippen molar-refractivity contribution in [3.63, 3.8) is 0 Å². The first-order valence-corrected chi connectivity index (χ1v) is 5.56. The summed E-state index contributed by atoms with van der Waals surface area (Å²) in [4.78, 5) is 22.8. The van der Waals surface area contributed by atoms with Gasteiger partial charge in [-0.2, -0.15) is 0 Å². The van der Waals surface area contributed by atoms with Crippen molar-refractivity contribution in [1.82, 2.24) is 15.0 Å². The Bertz CT molecular complexity index is 588. The van der Waals surface area contributed by atoms with Gasteiger partial charge in [0.15, 0.2) is 0 Å². The van der Waals surface area contributed by atoms with Crippen LogP contribution in [0.3, 0.4) is 0 Å². The van der Waals surface area contributed by atoms with Gasteiger partial charge in [0, 0.05) is 12.4 Å². The first-order valence-electron chi connectivity index (χ1n) is 5.56. The molecule has 2 aromatic rings. The SMILES string of the molecule is NC(=O)c1c[nH]c2c1CCCc1cncnc1-2. The number of aryl methyl sites for hydroxylation is 1. The van der Waals surface area contributed by atoms with E-state index in [0.717, 1.165) is 41.8 Å². The molecule has 0 aromatic carbocycles. The normalized spacial score (nSPS) is 13.6. The molecule has 2 heterocycles. The van der Waals surface area contributed by atoms with E-state index in [4.69, 9.17) is 5.73 Å². The predicted octanol–water partition coefficient (Wildman–Crippen LogP) is 1.06. The molecule has 0 atom stereocenters. The number of H-pyrrole nitrogens is 1. The van der Waals surface area contributed by atoms with Crippen LogP contribution in [-0.4, -0.2) is 20.9 Å². The molecule has 0 aliphatic heterocycles. The molecule has 1 aliphatic rings. The zero-order valence-electron chi connectivity index (χ0n) is 9.23. The number of rotatable bonds is 1. The molecule has 0 fully saturated rings. The second kappa shape index (κ2) is 3.69. The third-order valence-corrected chi connectivity index (χ3v) is 3.15. The van der Waals surface area contributed by atoms with E-state index in [2.05, 4.69) is 15.0 Å². The Hall–Kier alpha value is -2.17. The van der Waals surface area contributed by atoms with Crippen molar-refractivity contribution in [2.45, 2.75) is 19.3 Å². The van der Waals surface area contributed by atoms with Crippen LogP contribution in [0.15, 0.2) is 18.7 Å². The molecule has 3 rings (SSSR count). The first-order chi connectivity index (χ1) is 8.27. The molecule has 3 N–H and O–H groups in total. The minimum absolute atomic E-state index is 0.389. The van der Waals surface area contributed by atoms with Gasteiger partial charge in [0.05, 0.1) is 17.0 Å². The maximum Gasteiger partial charge on any atom is 0.250 e. The van der Waals surface area contributed by atoms with Crippen LogP contribution in [0.4, 0.5) is 0 Å². The Labute approximate surface area is 98.1 Å². The highest BCUT2D eigenvalue weighted by Crippen LogP contribution is 2.31. The zero-order valence-corrected chi connectivity index (χ0v) is 9.23. The fourth-order valence-corrected chi connectivity index (χ4v) is 2.37. The van der Waals surface area contributed by atoms with Crippen LogP contribution < -0.4 is 5.73 Å². The highest BCUT2D eigenvalue weighted by atomic mass is 16.1. The van der Waals surface area contributed by atoms with E-state index in [1.54, 1.807) is 6.20 Å². The molecule has 0 bridgehead atoms. The number of aromatic amines is 1. The van der Waals surface area contributed by atoms with Crippen molar-refractivity contribution in [3.8, 4) is 11.4 Å². The molecule has 17 heavy (non-hydrogen) atoms. The Morgan fingerprint density at radius 1 is 1.41 bits per heavy atom. The lowest BCUT2D eigenvalue weighted by Gasteiger charge is -2.02. The van der Waals surface area contributed by atoms with Crippen molar-refractivity contribution in [3.05, 3.63) is 35.4 Å². The highest BCUT2D eigenvalue weighted by molar-refractivity contribution is 5.96. The van der Waals surface area contributed by atoms with E-state index < -0.39 is 0 Å². The van der Waals surface area contributed by atoms with Crippen molar-refractivity contribution in [1.29, 1.82) is 0 Å². The number of carbonyl (C=O) groups excluding carboxylic acids is 1. The van der Waals surface area contributed by atoms with Crippen LogP contribution in [0.5, 0.6) is 0 Å². The molecule has 2 aromatic heterocycles. The zero-order chi connectivity index (χ0) is 11.8. The molecule has 0 saturated carbocycles. The molecular weight excluding hydrogens is 216 g/mol. The van der Waals surface area contributed by atoms with Gasteiger partial charge in [-0.15, -0.1) is 0 Å². The predicted molar refractivity (Wildman–Crippen MR) is 62.4 cm³/mol. The number of hydrogen-bond acceptors (Lipinski definition) is 3. The van der Waals surface area contributed by atoms with E-state index in [-0.39, 0.29) is 5.91 Å². The minimum Gasteiger partial charge on any atom is -0.366 e. The summed E-state index contributed by atoms with van der Waals surface area (Å²) < 4.78 is 0. The molecule has 1 aliphatic carbocycles. The molecule has 1 amide bonds. The molecule has 5 nitrogen and oxygen atoms in total. The maximum atomic E-state index is 11.3. The Balaban J connectivity index is 2.24. The number of aromatic nitrogens is 3. The average molecular weight is 228 g/mol. The summed E-state index contributed by atoms with van der Waals surface area (Å²) in [6.45, 7) is 0. The molecule has 0 unspecified atom stereocenters. The van der Waals surface area contributed by atoms with E-state index in [1.165, 1.54) is 6.33 Å². The number of primary amides is 1. The Morgan fingerprint density at radius 3 is 3.12 bits per heavy atom. The van der Waals surface area contributed by atoms with E-state index in [0.29, 0.717) is 5.56 Å². The topological polar surface area (TPSA) is 84.7 Å². The van der Waals surface area contributed by atoms with E-state index >= 15 is 0 Å². The molecule has 0 saturated heterocycles. The van der Waals surface area contributed by atoms with Crippen molar-refractivity contribution >= 4 is 5.91 Å². The van der Waals surface area contributed by atoms with Gasteiger partial charge in [0.1, 0.15) is 6.33 Å². The summed E-state index contributed by atoms with van der Waals surface area (Å²) in [5.74, 6) is -0.389. The van der Waals surface area contributed by atoms with E-state index in [1.807, 2.05) is 6.20 Å². The summed E-state index contributed by atoms with van der Waals surface area (Å²) in [5.41, 5.74) is 9.83. The summed E-state index contributed by atoms with van der Waals surface area (Å²) >= 11 is 0. The van der Waals surface area contributed by atoms with Crippen LogP contribution in [0.2, 0.25) is 0 Å². The standard InChI is InChI=1S/C12H12N4O/c13-12(17)9-5-15-11-8(9)3-1-2-7-4-14-6-16-10(7)11/h4-6,15H,1-3H2,(H2,13,17). The molecule has 5 heteroatoms. The van der Waals surface area contributed by atoms with Crippen molar-refractivity contribution in [2.24, 2.45) is 5.73 Å². The van der Waals surface area contributed by atoms with Gasteiger partial charge in [-0.05, 0) is 30.4 Å². The fourth-order valence-electron chi connectivity index (χ4n) is 2.37. The van der Waals surface area contributed by atoms with Gasteiger partial charge >= 0.3 is 0 Å². The highest BCUT2D eigenvalue weighted by Gasteiger charge is 2.21. The van der Waals surface area contributed by atoms with Crippen LogP contribution in [-0.2, 0) is 12.8 Å². The summed E-state index contributed by atoms with van der Waals surface area (Å²) in [6.07, 6.45) is 7.78. The van der Waals surface area contributed by atoms with Gasteiger partial charge in [-0.1, -0.05) is 0 Å². The van der Waals surface area contributed by atoms with Crippen LogP contribution in [0.1, 0.15) is 27.9 Å². The monoisotopic (exact) mass is 228 g/mol. The Morgan fingerprint density at radius 2 is 2.29 bits per heavy atom. The molecular formula is C12H12N4O. The lowest BCUT2D eigenvalue weighted by atomic mass is 10.1. The van der Waals surface area contributed by atoms with Crippen LogP contribution in [0.25, 0.3) is 11.4 Å². The third-order valence-electron chi connectivity index (χ3n) is 3.15. The first kappa shape index (κ1) is 10.0. The molecule has 0 spiro atoms. The fraction of sp³-hybridized carbons (Fsp3) is 0.250. The number of nitrogens with zero attached hydrogens (tertiary/aromatic N) is 2. The van der Waals surface area contributed by atoms with Gasteiger partial charge < -0.3 is 10.7 Å². The van der Waals surface area contributed by atoms with Crippen LogP contribution >= 0.6 is 0 Å². The van der Waals surface area contributed by atoms with E-state index in [9.17, 15) is 4.79 Å². The number of amides is 1. The number of carbonyl (C=O) groups is 1. The largest absolute Gasteiger partial charge is 0.366 e. The number of nitrogens with one attached hydrogen (secondary N) is 1. The van der Waals surface area contributed by atoms with Gasteiger partial charge in [-0.3, -0.25) is 4.79 Å².